The molecule has 5 heteroatoms. The highest BCUT2D eigenvalue weighted by atomic mass is 19.1. The summed E-state index contributed by atoms with van der Waals surface area (Å²) in [7, 11) is 0. The summed E-state index contributed by atoms with van der Waals surface area (Å²) < 4.78 is 13.1. The summed E-state index contributed by atoms with van der Waals surface area (Å²) in [5.41, 5.74) is 0.845. The second-order valence-corrected chi connectivity index (χ2v) is 6.45. The smallest absolute Gasteiger partial charge is 0.222 e. The maximum Gasteiger partial charge on any atom is 0.222 e. The van der Waals surface area contributed by atoms with E-state index in [-0.39, 0.29) is 29.6 Å². The summed E-state index contributed by atoms with van der Waals surface area (Å²) in [6.07, 6.45) is 2.54. The average molecular weight is 320 g/mol. The molecule has 1 heterocycles. The highest BCUT2D eigenvalue weighted by molar-refractivity contribution is 5.78. The zero-order valence-electron chi connectivity index (χ0n) is 13.8. The van der Waals surface area contributed by atoms with Crippen molar-refractivity contribution in [2.75, 3.05) is 13.1 Å². The van der Waals surface area contributed by atoms with E-state index in [4.69, 9.17) is 0 Å². The summed E-state index contributed by atoms with van der Waals surface area (Å²) in [5.74, 6) is -0.110. The number of carbonyl (C=O) groups is 2. The Morgan fingerprint density at radius 3 is 2.61 bits per heavy atom. The second kappa shape index (κ2) is 8.09. The third kappa shape index (κ3) is 5.34. The number of halogens is 1. The van der Waals surface area contributed by atoms with Gasteiger partial charge in [-0.05, 0) is 37.0 Å². The number of hydrogen-bond donors (Lipinski definition) is 1. The minimum absolute atomic E-state index is 0.0130. The number of piperidine rings is 1. The number of aryl methyl sites for hydroxylation is 1. The molecule has 1 aliphatic rings. The van der Waals surface area contributed by atoms with Crippen molar-refractivity contribution in [1.82, 2.24) is 10.2 Å². The molecule has 0 unspecified atom stereocenters. The van der Waals surface area contributed by atoms with Crippen LogP contribution in [0, 0.1) is 11.7 Å². The van der Waals surface area contributed by atoms with Crippen LogP contribution in [0.15, 0.2) is 24.3 Å². The van der Waals surface area contributed by atoms with E-state index in [0.29, 0.717) is 25.9 Å². The summed E-state index contributed by atoms with van der Waals surface area (Å²) in [6, 6.07) is 6.54. The van der Waals surface area contributed by atoms with Gasteiger partial charge in [-0.2, -0.15) is 0 Å². The number of nitrogens with zero attached hydrogens (tertiary/aromatic N) is 1. The van der Waals surface area contributed by atoms with Gasteiger partial charge in [-0.1, -0.05) is 26.0 Å². The zero-order chi connectivity index (χ0) is 16.8. The van der Waals surface area contributed by atoms with Crippen molar-refractivity contribution in [1.29, 1.82) is 0 Å². The molecule has 0 atom stereocenters. The van der Waals surface area contributed by atoms with E-state index in [2.05, 4.69) is 5.32 Å². The van der Waals surface area contributed by atoms with E-state index in [9.17, 15) is 14.0 Å². The van der Waals surface area contributed by atoms with Gasteiger partial charge in [0.25, 0.3) is 0 Å². The van der Waals surface area contributed by atoms with Crippen LogP contribution >= 0.6 is 0 Å². The molecular weight excluding hydrogens is 295 g/mol. The molecule has 0 aliphatic carbocycles. The van der Waals surface area contributed by atoms with E-state index < -0.39 is 0 Å². The number of benzene rings is 1. The fraction of sp³-hybridized carbons (Fsp3) is 0.556. The van der Waals surface area contributed by atoms with Crippen molar-refractivity contribution < 1.29 is 14.0 Å². The Hall–Kier alpha value is -1.91. The second-order valence-electron chi connectivity index (χ2n) is 6.45. The predicted octanol–water partition coefficient (Wildman–Crippen LogP) is 2.52. The van der Waals surface area contributed by atoms with Gasteiger partial charge in [-0.15, -0.1) is 0 Å². The monoisotopic (exact) mass is 320 g/mol. The Labute approximate surface area is 137 Å². The third-order valence-corrected chi connectivity index (χ3v) is 4.23. The first-order valence-corrected chi connectivity index (χ1v) is 8.28. The van der Waals surface area contributed by atoms with Gasteiger partial charge >= 0.3 is 0 Å². The molecule has 0 radical (unpaired) electrons. The molecule has 1 aliphatic heterocycles. The van der Waals surface area contributed by atoms with Crippen LogP contribution in [0.3, 0.4) is 0 Å². The number of likely N-dealkylation sites (tertiary alicyclic amines) is 1. The van der Waals surface area contributed by atoms with E-state index in [1.54, 1.807) is 6.07 Å². The van der Waals surface area contributed by atoms with Gasteiger partial charge in [0.05, 0.1) is 0 Å². The lowest BCUT2D eigenvalue weighted by molar-refractivity contribution is -0.132. The largest absolute Gasteiger partial charge is 0.353 e. The first-order valence-electron chi connectivity index (χ1n) is 8.28. The molecule has 126 valence electrons. The third-order valence-electron chi connectivity index (χ3n) is 4.23. The first kappa shape index (κ1) is 17.4. The predicted molar refractivity (Wildman–Crippen MR) is 87.3 cm³/mol. The average Bonchev–Trinajstić information content (AvgIpc) is 2.53. The maximum absolute atomic E-state index is 13.1. The van der Waals surface area contributed by atoms with Gasteiger partial charge < -0.3 is 10.2 Å². The SMILES string of the molecule is CC(C)C(=O)NC1CCN(C(=O)CCc2cccc(F)c2)CC1. The summed E-state index contributed by atoms with van der Waals surface area (Å²) in [5, 5.41) is 3.02. The first-order chi connectivity index (χ1) is 11.0. The normalized spacial score (nSPS) is 15.7. The molecule has 0 bridgehead atoms. The zero-order valence-corrected chi connectivity index (χ0v) is 13.8. The van der Waals surface area contributed by atoms with Gasteiger partial charge in [0.1, 0.15) is 5.82 Å². The van der Waals surface area contributed by atoms with Crippen molar-refractivity contribution in [3.05, 3.63) is 35.6 Å². The highest BCUT2D eigenvalue weighted by Gasteiger charge is 2.24. The van der Waals surface area contributed by atoms with Crippen LogP contribution in [0.2, 0.25) is 0 Å². The van der Waals surface area contributed by atoms with Gasteiger partial charge in [0, 0.05) is 31.5 Å². The van der Waals surface area contributed by atoms with Gasteiger partial charge in [-0.25, -0.2) is 4.39 Å². The molecule has 2 amide bonds. The summed E-state index contributed by atoms with van der Waals surface area (Å²) in [6.45, 7) is 5.09. The van der Waals surface area contributed by atoms with Crippen molar-refractivity contribution in [2.45, 2.75) is 45.6 Å². The number of carbonyl (C=O) groups excluding carboxylic acids is 2. The van der Waals surface area contributed by atoms with E-state index in [1.165, 1.54) is 12.1 Å². The molecule has 1 aromatic carbocycles. The van der Waals surface area contributed by atoms with E-state index in [0.717, 1.165) is 18.4 Å². The topological polar surface area (TPSA) is 49.4 Å². The fourth-order valence-electron chi connectivity index (χ4n) is 2.74. The molecule has 0 aromatic heterocycles. The number of hydrogen-bond acceptors (Lipinski definition) is 2. The summed E-state index contributed by atoms with van der Waals surface area (Å²) >= 11 is 0. The van der Waals surface area contributed by atoms with E-state index >= 15 is 0 Å². The molecule has 2 rings (SSSR count). The maximum atomic E-state index is 13.1. The Balaban J connectivity index is 1.74. The van der Waals surface area contributed by atoms with Crippen LogP contribution in [0.5, 0.6) is 0 Å². The van der Waals surface area contributed by atoms with Crippen molar-refractivity contribution in [3.8, 4) is 0 Å². The molecular formula is C18H25FN2O2. The summed E-state index contributed by atoms with van der Waals surface area (Å²) in [4.78, 5) is 25.8. The van der Waals surface area contributed by atoms with Crippen LogP contribution in [0.25, 0.3) is 0 Å². The molecule has 1 fully saturated rings. The van der Waals surface area contributed by atoms with Crippen LogP contribution < -0.4 is 5.32 Å². The molecule has 23 heavy (non-hydrogen) atoms. The Bertz CT molecular complexity index is 552. The molecule has 1 N–H and O–H groups in total. The molecule has 0 saturated carbocycles. The Kier molecular flexibility index (Phi) is 6.13. The van der Waals surface area contributed by atoms with Crippen LogP contribution in [0.4, 0.5) is 4.39 Å². The Morgan fingerprint density at radius 1 is 1.30 bits per heavy atom. The lowest BCUT2D eigenvalue weighted by Gasteiger charge is -2.32. The van der Waals surface area contributed by atoms with Gasteiger partial charge in [-0.3, -0.25) is 9.59 Å². The standard InChI is InChI=1S/C18H25FN2O2/c1-13(2)18(23)20-16-8-10-21(11-9-16)17(22)7-6-14-4-3-5-15(19)12-14/h3-5,12-13,16H,6-11H2,1-2H3,(H,20,23). The number of nitrogens with one attached hydrogen (secondary N) is 1. The van der Waals surface area contributed by atoms with Crippen LogP contribution in [0.1, 0.15) is 38.7 Å². The quantitative estimate of drug-likeness (QED) is 0.906. The van der Waals surface area contributed by atoms with Gasteiger partial charge in [0.2, 0.25) is 11.8 Å². The minimum atomic E-state index is -0.267. The lowest BCUT2D eigenvalue weighted by atomic mass is 10.0. The van der Waals surface area contributed by atoms with Crippen molar-refractivity contribution >= 4 is 11.8 Å². The van der Waals surface area contributed by atoms with Crippen LogP contribution in [-0.4, -0.2) is 35.8 Å². The minimum Gasteiger partial charge on any atom is -0.353 e. The number of rotatable bonds is 5. The highest BCUT2D eigenvalue weighted by Crippen LogP contribution is 2.14. The molecule has 1 aromatic rings. The van der Waals surface area contributed by atoms with E-state index in [1.807, 2.05) is 24.8 Å². The van der Waals surface area contributed by atoms with Gasteiger partial charge in [0.15, 0.2) is 0 Å². The molecule has 4 nitrogen and oxygen atoms in total. The van der Waals surface area contributed by atoms with Crippen molar-refractivity contribution in [2.24, 2.45) is 5.92 Å². The molecule has 0 spiro atoms. The fourth-order valence-corrected chi connectivity index (χ4v) is 2.74. The van der Waals surface area contributed by atoms with Crippen LogP contribution in [-0.2, 0) is 16.0 Å². The lowest BCUT2D eigenvalue weighted by Crippen LogP contribution is -2.47. The molecule has 1 saturated heterocycles. The van der Waals surface area contributed by atoms with Crippen molar-refractivity contribution in [3.63, 3.8) is 0 Å². The Morgan fingerprint density at radius 2 is 2.00 bits per heavy atom. The number of amides is 2.